The number of methoxy groups -OCH3 is 1. The molecule has 2 aromatic carbocycles. The number of amides is 1. The van der Waals surface area contributed by atoms with Crippen molar-refractivity contribution in [2.24, 2.45) is 0 Å². The van der Waals surface area contributed by atoms with Crippen molar-refractivity contribution in [3.63, 3.8) is 0 Å². The number of hydrogen-bond donors (Lipinski definition) is 1. The molecule has 0 bridgehead atoms. The molecule has 3 aromatic rings. The zero-order valence-corrected chi connectivity index (χ0v) is 24.6. The second-order valence-electron chi connectivity index (χ2n) is 10.9. The highest BCUT2D eigenvalue weighted by Crippen LogP contribution is 2.30. The summed E-state index contributed by atoms with van der Waals surface area (Å²) >= 11 is 0. The molecule has 1 amide bonds. The van der Waals surface area contributed by atoms with Crippen molar-refractivity contribution in [1.29, 1.82) is 0 Å². The summed E-state index contributed by atoms with van der Waals surface area (Å²) in [6.45, 7) is 8.79. The van der Waals surface area contributed by atoms with Crippen LogP contribution < -0.4 is 20.2 Å². The van der Waals surface area contributed by atoms with Crippen molar-refractivity contribution in [2.45, 2.75) is 38.8 Å². The summed E-state index contributed by atoms with van der Waals surface area (Å²) in [5, 5.41) is 3.00. The second-order valence-corrected chi connectivity index (χ2v) is 10.9. The molecule has 0 aliphatic carbocycles. The van der Waals surface area contributed by atoms with Gasteiger partial charge in [0, 0.05) is 57.1 Å². The standard InChI is InChI=1S/C32H41FN4O5/c1-3-18-42-28-9-8-27(33)30-31(28)37(21-26(32(30)39)23-4-6-25(40-2)7-5-23)15-12-34-29(38)22-35-13-10-24(11-14-35)36-16-19-41-20-17-36/h4-9,21,24H,3,10-20,22H2,1-2H3,(H,34,38). The first-order chi connectivity index (χ1) is 20.5. The van der Waals surface area contributed by atoms with Gasteiger partial charge in [-0.3, -0.25) is 19.4 Å². The van der Waals surface area contributed by atoms with Crippen LogP contribution in [0.1, 0.15) is 26.2 Å². The second kappa shape index (κ2) is 14.1. The lowest BCUT2D eigenvalue weighted by molar-refractivity contribution is -0.122. The molecule has 0 saturated carbocycles. The molecule has 0 atom stereocenters. The summed E-state index contributed by atoms with van der Waals surface area (Å²) in [6.07, 6.45) is 4.61. The topological polar surface area (TPSA) is 85.3 Å². The molecule has 0 spiro atoms. The van der Waals surface area contributed by atoms with E-state index in [1.165, 1.54) is 6.07 Å². The first kappa shape index (κ1) is 30.0. The number of piperidine rings is 1. The zero-order valence-electron chi connectivity index (χ0n) is 24.6. The number of fused-ring (bicyclic) bond motifs is 1. The summed E-state index contributed by atoms with van der Waals surface area (Å²) in [6, 6.07) is 10.5. The molecular formula is C32H41FN4O5. The van der Waals surface area contributed by atoms with Crippen LogP contribution in [0.2, 0.25) is 0 Å². The van der Waals surface area contributed by atoms with E-state index in [0.717, 1.165) is 58.7 Å². The predicted octanol–water partition coefficient (Wildman–Crippen LogP) is 3.52. The van der Waals surface area contributed by atoms with Crippen LogP contribution in [0.5, 0.6) is 11.5 Å². The number of pyridine rings is 1. The van der Waals surface area contributed by atoms with Gasteiger partial charge in [0.15, 0.2) is 5.43 Å². The number of aromatic nitrogens is 1. The smallest absolute Gasteiger partial charge is 0.234 e. The summed E-state index contributed by atoms with van der Waals surface area (Å²) < 4.78 is 33.7. The van der Waals surface area contributed by atoms with E-state index in [1.54, 1.807) is 43.6 Å². The van der Waals surface area contributed by atoms with Crippen LogP contribution in [-0.4, -0.2) is 92.5 Å². The van der Waals surface area contributed by atoms with Gasteiger partial charge < -0.3 is 24.1 Å². The van der Waals surface area contributed by atoms with Crippen molar-refractivity contribution in [1.82, 2.24) is 19.7 Å². The number of halogens is 1. The Morgan fingerprint density at radius 2 is 1.81 bits per heavy atom. The molecule has 0 radical (unpaired) electrons. The maximum Gasteiger partial charge on any atom is 0.234 e. The van der Waals surface area contributed by atoms with E-state index < -0.39 is 11.2 Å². The quantitative estimate of drug-likeness (QED) is 0.372. The Balaban J connectivity index is 1.30. The first-order valence-corrected chi connectivity index (χ1v) is 14.9. The van der Waals surface area contributed by atoms with Crippen molar-refractivity contribution >= 4 is 16.8 Å². The van der Waals surface area contributed by atoms with Crippen molar-refractivity contribution < 1.29 is 23.4 Å². The lowest BCUT2D eigenvalue weighted by Gasteiger charge is -2.39. The maximum atomic E-state index is 15.2. The minimum atomic E-state index is -0.604. The Bertz CT molecular complexity index is 1410. The lowest BCUT2D eigenvalue weighted by Crippen LogP contribution is -2.50. The third-order valence-electron chi connectivity index (χ3n) is 8.16. The number of carbonyl (C=O) groups is 1. The Morgan fingerprint density at radius 3 is 2.50 bits per heavy atom. The van der Waals surface area contributed by atoms with Gasteiger partial charge in [-0.1, -0.05) is 19.1 Å². The molecule has 2 saturated heterocycles. The SMILES string of the molecule is CCCOc1ccc(F)c2c(=O)c(-c3ccc(OC)cc3)cn(CCNC(=O)CN3CCC(N4CCOCC4)CC3)c12. The third-order valence-corrected chi connectivity index (χ3v) is 8.16. The normalized spacial score (nSPS) is 16.9. The number of carbonyl (C=O) groups excluding carboxylic acids is 1. The van der Waals surface area contributed by atoms with Gasteiger partial charge in [-0.25, -0.2) is 4.39 Å². The number of nitrogens with zero attached hydrogens (tertiary/aromatic N) is 3. The largest absolute Gasteiger partial charge is 0.497 e. The zero-order chi connectivity index (χ0) is 29.5. The molecule has 5 rings (SSSR count). The van der Waals surface area contributed by atoms with Gasteiger partial charge in [-0.15, -0.1) is 0 Å². The molecular weight excluding hydrogens is 539 g/mol. The molecule has 2 fully saturated rings. The first-order valence-electron chi connectivity index (χ1n) is 14.9. The lowest BCUT2D eigenvalue weighted by atomic mass is 10.0. The summed E-state index contributed by atoms with van der Waals surface area (Å²) in [7, 11) is 1.58. The molecule has 2 aliphatic rings. The molecule has 42 heavy (non-hydrogen) atoms. The fourth-order valence-corrected chi connectivity index (χ4v) is 5.90. The minimum Gasteiger partial charge on any atom is -0.497 e. The Labute approximate surface area is 246 Å². The molecule has 1 N–H and O–H groups in total. The highest BCUT2D eigenvalue weighted by Gasteiger charge is 2.26. The summed E-state index contributed by atoms with van der Waals surface area (Å²) in [4.78, 5) is 31.2. The number of hydrogen-bond acceptors (Lipinski definition) is 7. The number of ether oxygens (including phenoxy) is 3. The molecule has 0 unspecified atom stereocenters. The van der Waals surface area contributed by atoms with Crippen LogP contribution in [0.15, 0.2) is 47.4 Å². The molecule has 3 heterocycles. The Hall–Kier alpha value is -3.47. The fourth-order valence-electron chi connectivity index (χ4n) is 5.90. The molecule has 9 nitrogen and oxygen atoms in total. The van der Waals surface area contributed by atoms with Gasteiger partial charge in [-0.2, -0.15) is 0 Å². The third kappa shape index (κ3) is 6.94. The van der Waals surface area contributed by atoms with E-state index in [-0.39, 0.29) is 11.3 Å². The number of rotatable bonds is 11. The Kier molecular flexibility index (Phi) is 10.1. The molecule has 2 aliphatic heterocycles. The van der Waals surface area contributed by atoms with Gasteiger partial charge in [-0.05, 0) is 49.1 Å². The van der Waals surface area contributed by atoms with Crippen LogP contribution >= 0.6 is 0 Å². The van der Waals surface area contributed by atoms with E-state index in [1.807, 2.05) is 11.5 Å². The van der Waals surface area contributed by atoms with Crippen LogP contribution in [0.4, 0.5) is 4.39 Å². The number of likely N-dealkylation sites (tertiary alicyclic amines) is 1. The minimum absolute atomic E-state index is 0.0219. The highest BCUT2D eigenvalue weighted by molar-refractivity contribution is 5.89. The summed E-state index contributed by atoms with van der Waals surface area (Å²) in [5.74, 6) is 0.456. The van der Waals surface area contributed by atoms with Gasteiger partial charge >= 0.3 is 0 Å². The molecule has 10 heteroatoms. The van der Waals surface area contributed by atoms with Crippen LogP contribution in [-0.2, 0) is 16.1 Å². The van der Waals surface area contributed by atoms with Gasteiger partial charge in [0.25, 0.3) is 0 Å². The van der Waals surface area contributed by atoms with Crippen LogP contribution in [0.3, 0.4) is 0 Å². The number of morpholine rings is 1. The van der Waals surface area contributed by atoms with Crippen molar-refractivity contribution in [2.75, 3.05) is 66.2 Å². The van der Waals surface area contributed by atoms with Gasteiger partial charge in [0.2, 0.25) is 5.91 Å². The molecule has 226 valence electrons. The van der Waals surface area contributed by atoms with E-state index in [4.69, 9.17) is 14.2 Å². The monoisotopic (exact) mass is 580 g/mol. The van der Waals surface area contributed by atoms with Crippen LogP contribution in [0.25, 0.3) is 22.0 Å². The van der Waals surface area contributed by atoms with Crippen molar-refractivity contribution in [3.05, 3.63) is 58.6 Å². The predicted molar refractivity (Wildman–Crippen MR) is 161 cm³/mol. The van der Waals surface area contributed by atoms with E-state index >= 15 is 4.39 Å². The van der Waals surface area contributed by atoms with Crippen LogP contribution in [0, 0.1) is 5.82 Å². The van der Waals surface area contributed by atoms with Gasteiger partial charge in [0.1, 0.15) is 17.3 Å². The van der Waals surface area contributed by atoms with E-state index in [9.17, 15) is 9.59 Å². The van der Waals surface area contributed by atoms with Gasteiger partial charge in [0.05, 0.1) is 44.4 Å². The average molecular weight is 581 g/mol. The van der Waals surface area contributed by atoms with E-state index in [2.05, 4.69) is 15.1 Å². The molecule has 1 aromatic heterocycles. The Morgan fingerprint density at radius 1 is 1.07 bits per heavy atom. The number of benzene rings is 2. The fraction of sp³-hybridized carbons (Fsp3) is 0.500. The highest BCUT2D eigenvalue weighted by atomic mass is 19.1. The average Bonchev–Trinajstić information content (AvgIpc) is 3.02. The summed E-state index contributed by atoms with van der Waals surface area (Å²) in [5.41, 5.74) is 1.01. The maximum absolute atomic E-state index is 15.2. The van der Waals surface area contributed by atoms with E-state index in [0.29, 0.717) is 60.4 Å². The number of nitrogens with one attached hydrogen (secondary N) is 1. The van der Waals surface area contributed by atoms with Crippen molar-refractivity contribution in [3.8, 4) is 22.6 Å².